The number of carboxylic acid groups (broad SMARTS) is 1. The summed E-state index contributed by atoms with van der Waals surface area (Å²) in [7, 11) is 1.86. The van der Waals surface area contributed by atoms with Crippen LogP contribution in [0.2, 0.25) is 0 Å². The first-order valence-corrected chi connectivity index (χ1v) is 17.0. The predicted molar refractivity (Wildman–Crippen MR) is 180 cm³/mol. The molecule has 1 heterocycles. The Bertz CT molecular complexity index is 1770. The van der Waals surface area contributed by atoms with E-state index in [9.17, 15) is 37.1 Å². The first kappa shape index (κ1) is 36.3. The highest BCUT2D eigenvalue weighted by Gasteiger charge is 2.36. The number of hydrogen-bond acceptors (Lipinski definition) is 4. The zero-order valence-electron chi connectivity index (χ0n) is 28.7. The number of carbonyl (C=O) groups excluding carboxylic acids is 1. The zero-order chi connectivity index (χ0) is 35.8. The van der Waals surface area contributed by atoms with Crippen molar-refractivity contribution in [1.29, 1.82) is 0 Å². The molecule has 0 spiro atoms. The van der Waals surface area contributed by atoms with Gasteiger partial charge < -0.3 is 19.9 Å². The average molecular weight is 684 g/mol. The molecule has 0 aliphatic heterocycles. The number of amides is 1. The number of aliphatic carboxylic acids is 1. The number of nitrogens with zero attached hydrogens (tertiary/aromatic N) is 2. The molecular formula is C38H45F4N3O4. The third kappa shape index (κ3) is 8.43. The monoisotopic (exact) mass is 683 g/mol. The lowest BCUT2D eigenvalue weighted by Crippen LogP contribution is -2.40. The van der Waals surface area contributed by atoms with Crippen LogP contribution in [0, 0.1) is 25.6 Å². The van der Waals surface area contributed by atoms with Crippen molar-refractivity contribution in [2.24, 2.45) is 5.92 Å². The van der Waals surface area contributed by atoms with Gasteiger partial charge in [0.15, 0.2) is 0 Å². The maximum Gasteiger partial charge on any atom is 0.416 e. The Morgan fingerprint density at radius 2 is 1.73 bits per heavy atom. The molecule has 2 N–H and O–H groups in total. The smallest absolute Gasteiger partial charge is 0.416 e. The number of alkyl halides is 3. The third-order valence-corrected chi connectivity index (χ3v) is 9.81. The Morgan fingerprint density at radius 3 is 2.33 bits per heavy atom. The van der Waals surface area contributed by atoms with E-state index in [1.807, 2.05) is 51.8 Å². The number of pyridine rings is 1. The summed E-state index contributed by atoms with van der Waals surface area (Å²) in [6.45, 7) is 7.70. The Morgan fingerprint density at radius 1 is 1.06 bits per heavy atom. The van der Waals surface area contributed by atoms with Gasteiger partial charge in [-0.3, -0.25) is 14.4 Å². The van der Waals surface area contributed by atoms with Crippen LogP contribution in [-0.4, -0.2) is 46.1 Å². The highest BCUT2D eigenvalue weighted by Crippen LogP contribution is 2.39. The molecule has 1 saturated carbocycles. The number of aryl methyl sites for hydroxylation is 3. The molecule has 1 fully saturated rings. The lowest BCUT2D eigenvalue weighted by molar-refractivity contribution is -0.139. The van der Waals surface area contributed by atoms with Gasteiger partial charge in [0, 0.05) is 24.8 Å². The molecule has 1 aromatic heterocycles. The molecule has 7 nitrogen and oxygen atoms in total. The second kappa shape index (κ2) is 14.5. The SMILES string of the molecule is Cc1cc(F)cc(C)c1-c1cc([C@@H](CC(=O)O)NC(=O)[C@H](CC(C)C)n2cc(CCN(C)C3CC3)c(C(F)(F)F)cc2=O)cc2c1CCC2. The molecule has 0 radical (unpaired) electrons. The maximum absolute atomic E-state index is 14.2. The lowest BCUT2D eigenvalue weighted by Gasteiger charge is -2.27. The summed E-state index contributed by atoms with van der Waals surface area (Å²) in [6, 6.07) is 5.42. The zero-order valence-corrected chi connectivity index (χ0v) is 28.7. The Labute approximate surface area is 284 Å². The number of halogens is 4. The van der Waals surface area contributed by atoms with Crippen LogP contribution < -0.4 is 10.9 Å². The normalized spacial score (nSPS) is 15.8. The summed E-state index contributed by atoms with van der Waals surface area (Å²) in [4.78, 5) is 41.6. The fourth-order valence-corrected chi connectivity index (χ4v) is 7.27. The molecule has 2 atom stereocenters. The fourth-order valence-electron chi connectivity index (χ4n) is 7.27. The summed E-state index contributed by atoms with van der Waals surface area (Å²) < 4.78 is 57.7. The van der Waals surface area contributed by atoms with Gasteiger partial charge in [-0.15, -0.1) is 0 Å². The van der Waals surface area contributed by atoms with Gasteiger partial charge >= 0.3 is 12.1 Å². The number of rotatable bonds is 13. The van der Waals surface area contributed by atoms with E-state index in [1.54, 1.807) is 0 Å². The molecule has 2 aliphatic carbocycles. The summed E-state index contributed by atoms with van der Waals surface area (Å²) in [5, 5.41) is 12.8. The lowest BCUT2D eigenvalue weighted by atomic mass is 9.87. The van der Waals surface area contributed by atoms with E-state index >= 15 is 0 Å². The van der Waals surface area contributed by atoms with Crippen LogP contribution in [0.4, 0.5) is 17.6 Å². The van der Waals surface area contributed by atoms with E-state index in [1.165, 1.54) is 12.1 Å². The summed E-state index contributed by atoms with van der Waals surface area (Å²) in [6.07, 6.45) is 0.590. The van der Waals surface area contributed by atoms with Crippen molar-refractivity contribution in [3.05, 3.63) is 91.6 Å². The summed E-state index contributed by atoms with van der Waals surface area (Å²) in [5.41, 5.74) is 3.85. The number of hydrogen-bond donors (Lipinski definition) is 2. The van der Waals surface area contributed by atoms with Gasteiger partial charge in [0.25, 0.3) is 5.56 Å². The summed E-state index contributed by atoms with van der Waals surface area (Å²) >= 11 is 0. The number of nitrogens with one attached hydrogen (secondary N) is 1. The third-order valence-electron chi connectivity index (χ3n) is 9.81. The van der Waals surface area contributed by atoms with Crippen molar-refractivity contribution in [1.82, 2.24) is 14.8 Å². The van der Waals surface area contributed by atoms with Crippen LogP contribution in [0.15, 0.2) is 41.3 Å². The predicted octanol–water partition coefficient (Wildman–Crippen LogP) is 7.33. The Kier molecular flexibility index (Phi) is 10.7. The first-order chi connectivity index (χ1) is 23.0. The molecule has 1 amide bonds. The molecule has 0 saturated heterocycles. The number of likely N-dealkylation sites (N-methyl/N-ethyl adjacent to an activating group) is 1. The maximum atomic E-state index is 14.2. The van der Waals surface area contributed by atoms with Crippen molar-refractivity contribution >= 4 is 11.9 Å². The minimum absolute atomic E-state index is 0.0416. The standard InChI is InChI=1S/C38H45F4N3O4/c1-21(2)13-33(45-20-25(11-12-44(5)28-9-10-28)31(18-34(45)46)38(40,41)42)37(49)43-32(19-35(47)48)26-16-24-7-6-8-29(24)30(17-26)36-22(3)14-27(39)15-23(36)4/h14-18,20-21,28,32-33H,6-13,19H2,1-5H3,(H,43,49)(H,47,48)/t32-,33+/m1/s1. The first-order valence-electron chi connectivity index (χ1n) is 17.0. The highest BCUT2D eigenvalue weighted by atomic mass is 19.4. The Hall–Kier alpha value is -3.99. The minimum Gasteiger partial charge on any atom is -0.481 e. The number of aromatic nitrogens is 1. The van der Waals surface area contributed by atoms with Gasteiger partial charge in [-0.2, -0.15) is 13.2 Å². The van der Waals surface area contributed by atoms with E-state index < -0.39 is 47.7 Å². The quantitative estimate of drug-likeness (QED) is 0.184. The molecule has 2 aromatic carbocycles. The number of carbonyl (C=O) groups is 2. The van der Waals surface area contributed by atoms with Gasteiger partial charge in [0.05, 0.1) is 18.0 Å². The van der Waals surface area contributed by atoms with Gasteiger partial charge in [-0.1, -0.05) is 19.9 Å². The van der Waals surface area contributed by atoms with Gasteiger partial charge in [-0.05, 0) is 134 Å². The number of benzene rings is 2. The molecule has 5 rings (SSSR count). The average Bonchev–Trinajstić information content (AvgIpc) is 3.74. The van der Waals surface area contributed by atoms with Crippen molar-refractivity contribution < 1.29 is 32.3 Å². The van der Waals surface area contributed by atoms with E-state index in [4.69, 9.17) is 0 Å². The van der Waals surface area contributed by atoms with Crippen LogP contribution in [0.1, 0.15) is 97.0 Å². The molecule has 2 aliphatic rings. The van der Waals surface area contributed by atoms with E-state index in [0.717, 1.165) is 76.2 Å². The molecule has 11 heteroatoms. The Balaban J connectivity index is 1.54. The van der Waals surface area contributed by atoms with Crippen LogP contribution in [0.3, 0.4) is 0 Å². The molecule has 3 aromatic rings. The fraction of sp³-hybridized carbons (Fsp3) is 0.500. The van der Waals surface area contributed by atoms with Crippen LogP contribution in [-0.2, 0) is 35.0 Å². The summed E-state index contributed by atoms with van der Waals surface area (Å²) in [5.74, 6) is -2.28. The number of carboxylic acids is 1. The van der Waals surface area contributed by atoms with E-state index in [2.05, 4.69) is 5.32 Å². The van der Waals surface area contributed by atoms with Crippen LogP contribution >= 0.6 is 0 Å². The molecular weight excluding hydrogens is 638 g/mol. The van der Waals surface area contributed by atoms with E-state index in [0.29, 0.717) is 24.2 Å². The number of fused-ring (bicyclic) bond motifs is 1. The second-order valence-electron chi connectivity index (χ2n) is 14.2. The largest absolute Gasteiger partial charge is 0.481 e. The molecule has 264 valence electrons. The van der Waals surface area contributed by atoms with Crippen molar-refractivity contribution in [3.8, 4) is 11.1 Å². The van der Waals surface area contributed by atoms with Gasteiger partial charge in [-0.25, -0.2) is 4.39 Å². The van der Waals surface area contributed by atoms with E-state index in [-0.39, 0.29) is 30.1 Å². The van der Waals surface area contributed by atoms with Crippen LogP contribution in [0.25, 0.3) is 11.1 Å². The van der Waals surface area contributed by atoms with Gasteiger partial charge in [0.1, 0.15) is 11.9 Å². The second-order valence-corrected chi connectivity index (χ2v) is 14.2. The van der Waals surface area contributed by atoms with Crippen molar-refractivity contribution in [2.45, 2.75) is 103 Å². The van der Waals surface area contributed by atoms with Crippen LogP contribution in [0.5, 0.6) is 0 Å². The molecule has 49 heavy (non-hydrogen) atoms. The highest BCUT2D eigenvalue weighted by molar-refractivity contribution is 5.82. The minimum atomic E-state index is -4.75. The molecule has 0 bridgehead atoms. The van der Waals surface area contributed by atoms with Gasteiger partial charge in [0.2, 0.25) is 5.91 Å². The topological polar surface area (TPSA) is 91.6 Å². The van der Waals surface area contributed by atoms with Crippen molar-refractivity contribution in [3.63, 3.8) is 0 Å². The van der Waals surface area contributed by atoms with Crippen molar-refractivity contribution in [2.75, 3.05) is 13.6 Å². The molecule has 0 unspecified atom stereocenters.